The number of fused-ring (bicyclic) bond motifs is 2. The van der Waals surface area contributed by atoms with Crippen molar-refractivity contribution in [2.24, 2.45) is 7.05 Å². The number of benzene rings is 2. The lowest BCUT2D eigenvalue weighted by Gasteiger charge is -2.08. The molecule has 0 fully saturated rings. The topological polar surface area (TPSA) is 83.4 Å². The van der Waals surface area contributed by atoms with Gasteiger partial charge in [0.25, 0.3) is 5.56 Å². The molecule has 0 saturated carbocycles. The lowest BCUT2D eigenvalue weighted by molar-refractivity contribution is 0.0453. The maximum Gasteiger partial charge on any atom is 0.348 e. The number of carbonyl (C=O) groups excluding carboxylic acids is 1. The van der Waals surface area contributed by atoms with Gasteiger partial charge in [0.05, 0.1) is 11.9 Å². The summed E-state index contributed by atoms with van der Waals surface area (Å²) in [5.41, 5.74) is 0.691. The predicted molar refractivity (Wildman–Crippen MR) is 122 cm³/mol. The maximum absolute atomic E-state index is 13.0. The number of ether oxygens (including phenoxy) is 1. The molecule has 0 spiro atoms. The number of aryl methyl sites for hydroxylation is 1. The molecule has 0 N–H and O–H groups in total. The molecule has 8 heteroatoms. The first-order valence-corrected chi connectivity index (χ1v) is 10.7. The minimum Gasteiger partial charge on any atom is -0.457 e. The average Bonchev–Trinajstić information content (AvgIpc) is 3.44. The molecule has 32 heavy (non-hydrogen) atoms. The standard InChI is InChI=1S/C24H18N2O5S/c1-25-22-18(21(27)26(24(25)29)13-15-7-3-2-4-8-15)12-20(32-22)23(28)30-14-17-11-16-9-5-6-10-19(16)31-17/h2-12H,13-14H2,1H3. The van der Waals surface area contributed by atoms with Gasteiger partial charge >= 0.3 is 11.7 Å². The molecule has 2 aromatic carbocycles. The third kappa shape index (κ3) is 3.54. The van der Waals surface area contributed by atoms with Gasteiger partial charge in [-0.25, -0.2) is 9.59 Å². The van der Waals surface area contributed by atoms with E-state index in [0.717, 1.165) is 27.9 Å². The Morgan fingerprint density at radius 1 is 1.03 bits per heavy atom. The summed E-state index contributed by atoms with van der Waals surface area (Å²) in [5, 5.41) is 1.23. The Bertz CT molecular complexity index is 1540. The first-order chi connectivity index (χ1) is 15.5. The van der Waals surface area contributed by atoms with Crippen molar-refractivity contribution < 1.29 is 13.9 Å². The van der Waals surface area contributed by atoms with Gasteiger partial charge in [0.2, 0.25) is 0 Å². The normalized spacial score (nSPS) is 11.3. The van der Waals surface area contributed by atoms with E-state index in [4.69, 9.17) is 9.15 Å². The fourth-order valence-corrected chi connectivity index (χ4v) is 4.60. The van der Waals surface area contributed by atoms with Gasteiger partial charge < -0.3 is 9.15 Å². The summed E-state index contributed by atoms with van der Waals surface area (Å²) < 4.78 is 13.6. The lowest BCUT2D eigenvalue weighted by atomic mass is 10.2. The van der Waals surface area contributed by atoms with Crippen molar-refractivity contribution in [2.75, 3.05) is 0 Å². The zero-order valence-corrected chi connectivity index (χ0v) is 17.9. The highest BCUT2D eigenvalue weighted by Gasteiger charge is 2.19. The number of rotatable bonds is 5. The summed E-state index contributed by atoms with van der Waals surface area (Å²) in [6, 6.07) is 20.1. The van der Waals surface area contributed by atoms with E-state index in [1.807, 2.05) is 60.7 Å². The number of hydrogen-bond acceptors (Lipinski definition) is 6. The van der Waals surface area contributed by atoms with E-state index in [1.165, 1.54) is 15.2 Å². The quantitative estimate of drug-likeness (QED) is 0.382. The summed E-state index contributed by atoms with van der Waals surface area (Å²) in [4.78, 5) is 39.1. The van der Waals surface area contributed by atoms with Crippen LogP contribution in [-0.4, -0.2) is 15.1 Å². The van der Waals surface area contributed by atoms with E-state index in [9.17, 15) is 14.4 Å². The Morgan fingerprint density at radius 2 is 1.78 bits per heavy atom. The summed E-state index contributed by atoms with van der Waals surface area (Å²) in [5.74, 6) is -0.0496. The van der Waals surface area contributed by atoms with Crippen LogP contribution in [0.5, 0.6) is 0 Å². The molecule has 7 nitrogen and oxygen atoms in total. The van der Waals surface area contributed by atoms with E-state index in [0.29, 0.717) is 16.0 Å². The number of nitrogens with zero attached hydrogens (tertiary/aromatic N) is 2. The lowest BCUT2D eigenvalue weighted by Crippen LogP contribution is -2.38. The average molecular weight is 446 g/mol. The van der Waals surface area contributed by atoms with Crippen LogP contribution < -0.4 is 11.2 Å². The van der Waals surface area contributed by atoms with Crippen LogP contribution in [0, 0.1) is 0 Å². The van der Waals surface area contributed by atoms with Crippen molar-refractivity contribution in [1.82, 2.24) is 9.13 Å². The van der Waals surface area contributed by atoms with Crippen LogP contribution >= 0.6 is 11.3 Å². The third-order valence-corrected chi connectivity index (χ3v) is 6.41. The van der Waals surface area contributed by atoms with Crippen LogP contribution in [-0.2, 0) is 24.9 Å². The molecule has 0 bridgehead atoms. The second-order valence-corrected chi connectivity index (χ2v) is 8.41. The monoisotopic (exact) mass is 446 g/mol. The minimum absolute atomic E-state index is 0.0288. The highest BCUT2D eigenvalue weighted by atomic mass is 32.1. The van der Waals surface area contributed by atoms with E-state index in [-0.39, 0.29) is 18.0 Å². The second-order valence-electron chi connectivity index (χ2n) is 7.37. The number of hydrogen-bond donors (Lipinski definition) is 0. The van der Waals surface area contributed by atoms with Gasteiger partial charge in [0.1, 0.15) is 27.7 Å². The molecule has 0 aliphatic carbocycles. The van der Waals surface area contributed by atoms with Gasteiger partial charge in [0.15, 0.2) is 0 Å². The smallest absolute Gasteiger partial charge is 0.348 e. The Balaban J connectivity index is 1.44. The molecule has 3 aromatic heterocycles. The second kappa shape index (κ2) is 7.97. The van der Waals surface area contributed by atoms with Crippen LogP contribution in [0.4, 0.5) is 0 Å². The number of para-hydroxylation sites is 1. The highest BCUT2D eigenvalue weighted by Crippen LogP contribution is 2.24. The van der Waals surface area contributed by atoms with Gasteiger partial charge in [-0.1, -0.05) is 48.5 Å². The van der Waals surface area contributed by atoms with Crippen LogP contribution in [0.2, 0.25) is 0 Å². The third-order valence-electron chi connectivity index (χ3n) is 5.22. The largest absolute Gasteiger partial charge is 0.457 e. The fourth-order valence-electron chi connectivity index (χ4n) is 3.61. The molecule has 0 saturated heterocycles. The van der Waals surface area contributed by atoms with Crippen molar-refractivity contribution in [3.05, 3.63) is 104 Å². The highest BCUT2D eigenvalue weighted by molar-refractivity contribution is 7.20. The van der Waals surface area contributed by atoms with Crippen molar-refractivity contribution in [3.63, 3.8) is 0 Å². The van der Waals surface area contributed by atoms with E-state index in [2.05, 4.69) is 0 Å². The molecule has 0 atom stereocenters. The van der Waals surface area contributed by atoms with Gasteiger partial charge in [-0.3, -0.25) is 13.9 Å². The molecule has 0 unspecified atom stereocenters. The van der Waals surface area contributed by atoms with Gasteiger partial charge in [-0.2, -0.15) is 0 Å². The number of aromatic nitrogens is 2. The maximum atomic E-state index is 13.0. The first-order valence-electron chi connectivity index (χ1n) is 9.93. The summed E-state index contributed by atoms with van der Waals surface area (Å²) in [6.45, 7) is 0.128. The van der Waals surface area contributed by atoms with Crippen LogP contribution in [0.3, 0.4) is 0 Å². The number of esters is 1. The Morgan fingerprint density at radius 3 is 2.56 bits per heavy atom. The molecule has 3 heterocycles. The molecule has 160 valence electrons. The summed E-state index contributed by atoms with van der Waals surface area (Å²) in [6.07, 6.45) is 0. The zero-order valence-electron chi connectivity index (χ0n) is 17.1. The molecular formula is C24H18N2O5S. The predicted octanol–water partition coefficient (Wildman–Crippen LogP) is 3.91. The van der Waals surface area contributed by atoms with Crippen LogP contribution in [0.25, 0.3) is 21.2 Å². The Labute approximate surface area is 185 Å². The summed E-state index contributed by atoms with van der Waals surface area (Å²) >= 11 is 1.06. The number of furan rings is 1. The minimum atomic E-state index is -0.576. The number of carbonyl (C=O) groups is 1. The molecule has 5 aromatic rings. The van der Waals surface area contributed by atoms with Gasteiger partial charge in [0, 0.05) is 12.4 Å². The SMILES string of the molecule is Cn1c(=O)n(Cc2ccccc2)c(=O)c2cc(C(=O)OCc3cc4ccccc4o3)sc21. The zero-order chi connectivity index (χ0) is 22.2. The summed E-state index contributed by atoms with van der Waals surface area (Å²) in [7, 11) is 1.59. The molecule has 0 amide bonds. The Hall–Kier alpha value is -3.91. The van der Waals surface area contributed by atoms with Crippen molar-refractivity contribution in [2.45, 2.75) is 13.2 Å². The number of thiophene rings is 1. The molecule has 0 aliphatic rings. The van der Waals surface area contributed by atoms with Crippen molar-refractivity contribution >= 4 is 38.5 Å². The first kappa shape index (κ1) is 20.0. The fraction of sp³-hybridized carbons (Fsp3) is 0.125. The van der Waals surface area contributed by atoms with Gasteiger partial charge in [-0.15, -0.1) is 11.3 Å². The molecule has 5 rings (SSSR count). The molecule has 0 aliphatic heterocycles. The molecular weight excluding hydrogens is 428 g/mol. The van der Waals surface area contributed by atoms with E-state index < -0.39 is 17.2 Å². The van der Waals surface area contributed by atoms with E-state index in [1.54, 1.807) is 7.05 Å². The van der Waals surface area contributed by atoms with Crippen LogP contribution in [0.15, 0.2) is 80.7 Å². The van der Waals surface area contributed by atoms with Crippen LogP contribution in [0.1, 0.15) is 21.0 Å². The Kier molecular flexibility index (Phi) is 4.99. The van der Waals surface area contributed by atoms with Gasteiger partial charge in [-0.05, 0) is 23.8 Å². The van der Waals surface area contributed by atoms with Crippen molar-refractivity contribution in [1.29, 1.82) is 0 Å². The molecule has 0 radical (unpaired) electrons. The van der Waals surface area contributed by atoms with E-state index >= 15 is 0 Å². The van der Waals surface area contributed by atoms with Crippen molar-refractivity contribution in [3.8, 4) is 0 Å².